The van der Waals surface area contributed by atoms with E-state index in [1.165, 1.54) is 6.42 Å². The van der Waals surface area contributed by atoms with Crippen LogP contribution in [0.15, 0.2) is 0 Å². The Kier molecular flexibility index (Phi) is 3.40. The molecule has 0 unspecified atom stereocenters. The summed E-state index contributed by atoms with van der Waals surface area (Å²) in [6.07, 6.45) is 2.16. The quantitative estimate of drug-likeness (QED) is 0.600. The molecule has 0 radical (unpaired) electrons. The Morgan fingerprint density at radius 3 is 2.57 bits per heavy atom. The molecular weight excluding hydrogens is 178 g/mol. The van der Waals surface area contributed by atoms with E-state index in [9.17, 15) is 4.79 Å². The molecule has 3 nitrogen and oxygen atoms in total. The molecule has 1 rings (SSSR count). The van der Waals surface area contributed by atoms with Crippen LogP contribution < -0.4 is 0 Å². The monoisotopic (exact) mass is 199 g/mol. The van der Waals surface area contributed by atoms with Gasteiger partial charge in [0.1, 0.15) is 5.60 Å². The summed E-state index contributed by atoms with van der Waals surface area (Å²) in [6, 6.07) is 0. The number of ether oxygens (including phenoxy) is 1. The summed E-state index contributed by atoms with van der Waals surface area (Å²) in [7, 11) is 0. The molecule has 82 valence electrons. The first-order valence-electron chi connectivity index (χ1n) is 5.36. The maximum absolute atomic E-state index is 11.7. The van der Waals surface area contributed by atoms with Gasteiger partial charge in [-0.1, -0.05) is 6.92 Å². The summed E-state index contributed by atoms with van der Waals surface area (Å²) >= 11 is 0. The summed E-state index contributed by atoms with van der Waals surface area (Å²) in [6.45, 7) is 9.57. The maximum Gasteiger partial charge on any atom is 0.410 e. The van der Waals surface area contributed by atoms with E-state index in [0.29, 0.717) is 5.92 Å². The standard InChI is InChI=1S/C11H21NO2/c1-9-6-5-7-12(8-9)10(13)14-11(2,3)4/h9H,5-8H2,1-4H3/t9-/m1/s1. The van der Waals surface area contributed by atoms with Gasteiger partial charge in [-0.05, 0) is 39.5 Å². The van der Waals surface area contributed by atoms with Crippen molar-refractivity contribution in [2.75, 3.05) is 13.1 Å². The van der Waals surface area contributed by atoms with E-state index in [0.717, 1.165) is 19.5 Å². The number of carbonyl (C=O) groups is 1. The minimum absolute atomic E-state index is 0.163. The van der Waals surface area contributed by atoms with Crippen LogP contribution in [0.1, 0.15) is 40.5 Å². The lowest BCUT2D eigenvalue weighted by Crippen LogP contribution is -2.42. The third kappa shape index (κ3) is 3.56. The van der Waals surface area contributed by atoms with Gasteiger partial charge in [-0.3, -0.25) is 0 Å². The van der Waals surface area contributed by atoms with Gasteiger partial charge in [0, 0.05) is 13.1 Å². The van der Waals surface area contributed by atoms with Crippen molar-refractivity contribution in [1.82, 2.24) is 4.90 Å². The highest BCUT2D eigenvalue weighted by molar-refractivity contribution is 5.68. The lowest BCUT2D eigenvalue weighted by atomic mass is 10.0. The molecule has 1 heterocycles. The lowest BCUT2D eigenvalue weighted by Gasteiger charge is -2.32. The van der Waals surface area contributed by atoms with Crippen LogP contribution in [-0.2, 0) is 4.74 Å². The highest BCUT2D eigenvalue weighted by Crippen LogP contribution is 2.18. The molecule has 0 saturated carbocycles. The number of piperidine rings is 1. The Morgan fingerprint density at radius 2 is 2.07 bits per heavy atom. The number of carbonyl (C=O) groups excluding carboxylic acids is 1. The molecule has 1 aliphatic heterocycles. The van der Waals surface area contributed by atoms with Crippen LogP contribution in [0.4, 0.5) is 4.79 Å². The number of hydrogen-bond donors (Lipinski definition) is 0. The SMILES string of the molecule is C[C@@H]1CCCN(C(=O)OC(C)(C)C)C1. The number of rotatable bonds is 0. The van der Waals surface area contributed by atoms with Crippen molar-refractivity contribution in [3.63, 3.8) is 0 Å². The molecule has 0 aromatic carbocycles. The summed E-state index contributed by atoms with van der Waals surface area (Å²) in [5, 5.41) is 0. The van der Waals surface area contributed by atoms with Crippen molar-refractivity contribution >= 4 is 6.09 Å². The molecule has 3 heteroatoms. The Hall–Kier alpha value is -0.730. The molecule has 1 saturated heterocycles. The van der Waals surface area contributed by atoms with Gasteiger partial charge in [-0.15, -0.1) is 0 Å². The third-order valence-corrected chi connectivity index (χ3v) is 2.31. The fourth-order valence-corrected chi connectivity index (χ4v) is 1.68. The number of hydrogen-bond acceptors (Lipinski definition) is 2. The molecule has 0 aliphatic carbocycles. The second-order valence-corrected chi connectivity index (χ2v) is 5.17. The second kappa shape index (κ2) is 4.20. The maximum atomic E-state index is 11.7. The van der Waals surface area contributed by atoms with Gasteiger partial charge in [-0.2, -0.15) is 0 Å². The van der Waals surface area contributed by atoms with E-state index in [1.54, 1.807) is 0 Å². The minimum Gasteiger partial charge on any atom is -0.444 e. The molecule has 0 aromatic rings. The summed E-state index contributed by atoms with van der Waals surface area (Å²) in [5.74, 6) is 0.608. The Bertz CT molecular complexity index is 208. The normalized spacial score (nSPS) is 23.4. The second-order valence-electron chi connectivity index (χ2n) is 5.17. The van der Waals surface area contributed by atoms with Crippen molar-refractivity contribution < 1.29 is 9.53 Å². The molecule has 14 heavy (non-hydrogen) atoms. The first-order chi connectivity index (χ1) is 6.38. The van der Waals surface area contributed by atoms with Gasteiger partial charge in [0.2, 0.25) is 0 Å². The van der Waals surface area contributed by atoms with Crippen molar-refractivity contribution in [2.24, 2.45) is 5.92 Å². The molecule has 0 bridgehead atoms. The fourth-order valence-electron chi connectivity index (χ4n) is 1.68. The van der Waals surface area contributed by atoms with Crippen molar-refractivity contribution in [3.05, 3.63) is 0 Å². The number of nitrogens with zero attached hydrogens (tertiary/aromatic N) is 1. The van der Waals surface area contributed by atoms with Crippen molar-refractivity contribution in [2.45, 2.75) is 46.1 Å². The fraction of sp³-hybridized carbons (Fsp3) is 0.909. The van der Waals surface area contributed by atoms with Gasteiger partial charge < -0.3 is 9.64 Å². The van der Waals surface area contributed by atoms with Crippen LogP contribution in [0.5, 0.6) is 0 Å². The topological polar surface area (TPSA) is 29.5 Å². The predicted molar refractivity (Wildman–Crippen MR) is 56.2 cm³/mol. The zero-order chi connectivity index (χ0) is 10.8. The number of amides is 1. The zero-order valence-corrected chi connectivity index (χ0v) is 9.67. The molecule has 0 spiro atoms. The van der Waals surface area contributed by atoms with Crippen LogP contribution in [0.25, 0.3) is 0 Å². The molecule has 0 N–H and O–H groups in total. The lowest BCUT2D eigenvalue weighted by molar-refractivity contribution is 0.0174. The Labute approximate surface area is 86.4 Å². The summed E-state index contributed by atoms with van der Waals surface area (Å²) < 4.78 is 5.31. The van der Waals surface area contributed by atoms with E-state index >= 15 is 0 Å². The average Bonchev–Trinajstić information content (AvgIpc) is 2.01. The highest BCUT2D eigenvalue weighted by Gasteiger charge is 2.25. The largest absolute Gasteiger partial charge is 0.444 e. The Balaban J connectivity index is 2.44. The van der Waals surface area contributed by atoms with Crippen LogP contribution in [0.2, 0.25) is 0 Å². The molecule has 1 aliphatic rings. The third-order valence-electron chi connectivity index (χ3n) is 2.31. The minimum atomic E-state index is -0.377. The van der Waals surface area contributed by atoms with Gasteiger partial charge >= 0.3 is 6.09 Å². The van der Waals surface area contributed by atoms with E-state index in [-0.39, 0.29) is 11.7 Å². The van der Waals surface area contributed by atoms with Crippen molar-refractivity contribution in [1.29, 1.82) is 0 Å². The highest BCUT2D eigenvalue weighted by atomic mass is 16.6. The van der Waals surface area contributed by atoms with E-state index < -0.39 is 0 Å². The number of likely N-dealkylation sites (tertiary alicyclic amines) is 1. The van der Waals surface area contributed by atoms with E-state index in [2.05, 4.69) is 6.92 Å². The van der Waals surface area contributed by atoms with Gasteiger partial charge in [0.05, 0.1) is 0 Å². The van der Waals surface area contributed by atoms with Crippen molar-refractivity contribution in [3.8, 4) is 0 Å². The van der Waals surface area contributed by atoms with Crippen LogP contribution >= 0.6 is 0 Å². The predicted octanol–water partition coefficient (Wildman–Crippen LogP) is 2.65. The molecular formula is C11H21NO2. The molecule has 1 atom stereocenters. The van der Waals surface area contributed by atoms with Crippen LogP contribution in [0.3, 0.4) is 0 Å². The van der Waals surface area contributed by atoms with Gasteiger partial charge in [0.15, 0.2) is 0 Å². The van der Waals surface area contributed by atoms with E-state index in [1.807, 2.05) is 25.7 Å². The molecule has 1 fully saturated rings. The summed E-state index contributed by atoms with van der Waals surface area (Å²) in [5.41, 5.74) is -0.377. The van der Waals surface area contributed by atoms with Crippen LogP contribution in [0, 0.1) is 5.92 Å². The first kappa shape index (κ1) is 11.3. The summed E-state index contributed by atoms with van der Waals surface area (Å²) in [4.78, 5) is 13.5. The first-order valence-corrected chi connectivity index (χ1v) is 5.36. The van der Waals surface area contributed by atoms with Gasteiger partial charge in [-0.25, -0.2) is 4.79 Å². The van der Waals surface area contributed by atoms with Gasteiger partial charge in [0.25, 0.3) is 0 Å². The average molecular weight is 199 g/mol. The van der Waals surface area contributed by atoms with E-state index in [4.69, 9.17) is 4.74 Å². The Morgan fingerprint density at radius 1 is 1.43 bits per heavy atom. The zero-order valence-electron chi connectivity index (χ0n) is 9.67. The smallest absolute Gasteiger partial charge is 0.410 e. The van der Waals surface area contributed by atoms with Crippen LogP contribution in [-0.4, -0.2) is 29.7 Å². The molecule has 1 amide bonds. The molecule has 0 aromatic heterocycles.